The summed E-state index contributed by atoms with van der Waals surface area (Å²) in [7, 11) is 0. The Kier molecular flexibility index (Phi) is 3.16. The van der Waals surface area contributed by atoms with Crippen LogP contribution in [0.2, 0.25) is 0 Å². The fourth-order valence-corrected chi connectivity index (χ4v) is 2.01. The van der Waals surface area contributed by atoms with Gasteiger partial charge in [0.1, 0.15) is 23.6 Å². The van der Waals surface area contributed by atoms with Gasteiger partial charge in [0, 0.05) is 12.3 Å². The number of rotatable bonds is 2. The van der Waals surface area contributed by atoms with E-state index in [9.17, 15) is 20.1 Å². The second-order valence-corrected chi connectivity index (χ2v) is 4.57. The molecule has 7 heteroatoms. The van der Waals surface area contributed by atoms with Crippen LogP contribution < -0.4 is 5.32 Å². The summed E-state index contributed by atoms with van der Waals surface area (Å²) in [6.45, 7) is 4.69. The van der Waals surface area contributed by atoms with E-state index in [-0.39, 0.29) is 11.7 Å². The topological polar surface area (TPSA) is 102 Å². The highest BCUT2D eigenvalue weighted by atomic mass is 16.6. The van der Waals surface area contributed by atoms with Gasteiger partial charge in [-0.05, 0) is 6.92 Å². The molecular formula is C11H16N2O5. The Balaban J connectivity index is 2.23. The molecule has 7 nitrogen and oxygen atoms in total. The first-order valence-corrected chi connectivity index (χ1v) is 5.50. The van der Waals surface area contributed by atoms with Gasteiger partial charge in [0.2, 0.25) is 0 Å². The molecule has 0 aliphatic carbocycles. The number of hydrogen-bond acceptors (Lipinski definition) is 6. The number of nitrogens with zero attached hydrogens (tertiary/aromatic N) is 1. The van der Waals surface area contributed by atoms with Crippen LogP contribution in [0.25, 0.3) is 0 Å². The molecular weight excluding hydrogens is 240 g/mol. The number of aliphatic hydroxyl groups is 3. The van der Waals surface area contributed by atoms with Crippen LogP contribution in [0.4, 0.5) is 0 Å². The van der Waals surface area contributed by atoms with Crippen molar-refractivity contribution < 1.29 is 24.9 Å². The summed E-state index contributed by atoms with van der Waals surface area (Å²) >= 11 is 0. The molecule has 1 amide bonds. The van der Waals surface area contributed by atoms with Gasteiger partial charge in [0.25, 0.3) is 5.91 Å². The molecule has 2 aliphatic rings. The SMILES string of the molecule is C=C1NC(=O)C=CN1[C@@H]1O[C@](C)(CO)C(O)[C@@H]1O. The lowest BCUT2D eigenvalue weighted by Gasteiger charge is -2.33. The Bertz CT molecular complexity index is 410. The van der Waals surface area contributed by atoms with Crippen molar-refractivity contribution in [3.8, 4) is 0 Å². The molecule has 2 heterocycles. The van der Waals surface area contributed by atoms with Gasteiger partial charge in [-0.15, -0.1) is 0 Å². The summed E-state index contributed by atoms with van der Waals surface area (Å²) in [5.41, 5.74) is -1.25. The van der Waals surface area contributed by atoms with E-state index >= 15 is 0 Å². The van der Waals surface area contributed by atoms with E-state index in [1.807, 2.05) is 0 Å². The molecule has 4 N–H and O–H groups in total. The number of hydrogen-bond donors (Lipinski definition) is 4. The number of carbonyl (C=O) groups is 1. The highest BCUT2D eigenvalue weighted by Gasteiger charge is 2.53. The average molecular weight is 256 g/mol. The molecule has 0 aromatic carbocycles. The molecule has 0 aromatic rings. The number of amides is 1. The van der Waals surface area contributed by atoms with Crippen LogP contribution in [0, 0.1) is 0 Å². The van der Waals surface area contributed by atoms with Gasteiger partial charge < -0.3 is 30.3 Å². The molecule has 0 saturated carbocycles. The van der Waals surface area contributed by atoms with Crippen LogP contribution in [0.3, 0.4) is 0 Å². The lowest BCUT2D eigenvalue weighted by atomic mass is 9.98. The zero-order valence-electron chi connectivity index (χ0n) is 9.91. The highest BCUT2D eigenvalue weighted by Crippen LogP contribution is 2.33. The normalized spacial score (nSPS) is 40.2. The number of ether oxygens (including phenoxy) is 1. The van der Waals surface area contributed by atoms with Gasteiger partial charge in [-0.3, -0.25) is 4.79 Å². The second-order valence-electron chi connectivity index (χ2n) is 4.57. The maximum absolute atomic E-state index is 11.1. The smallest absolute Gasteiger partial charge is 0.250 e. The lowest BCUT2D eigenvalue weighted by Crippen LogP contribution is -2.46. The molecule has 0 aromatic heterocycles. The maximum atomic E-state index is 11.1. The Morgan fingerprint density at radius 3 is 2.78 bits per heavy atom. The molecule has 4 atom stereocenters. The molecule has 0 bridgehead atoms. The standard InChI is InChI=1S/C11H16N2O5/c1-6-12-7(15)3-4-13(6)10-8(16)9(17)11(2,5-14)18-10/h3-4,8-10,14,16-17H,1,5H2,2H3,(H,12,15)/t8-,9?,10+,11+/m0/s1. The van der Waals surface area contributed by atoms with Gasteiger partial charge in [0.15, 0.2) is 6.23 Å². The van der Waals surface area contributed by atoms with Crippen molar-refractivity contribution in [3.63, 3.8) is 0 Å². The van der Waals surface area contributed by atoms with E-state index < -0.39 is 30.6 Å². The van der Waals surface area contributed by atoms with Crippen LogP contribution in [0.15, 0.2) is 24.7 Å². The molecule has 1 fully saturated rings. The van der Waals surface area contributed by atoms with Crippen LogP contribution in [-0.2, 0) is 9.53 Å². The van der Waals surface area contributed by atoms with Crippen molar-refractivity contribution >= 4 is 5.91 Å². The van der Waals surface area contributed by atoms with E-state index in [2.05, 4.69) is 11.9 Å². The van der Waals surface area contributed by atoms with Crippen LogP contribution in [-0.4, -0.2) is 56.8 Å². The average Bonchev–Trinajstić information content (AvgIpc) is 2.55. The molecule has 1 saturated heterocycles. The maximum Gasteiger partial charge on any atom is 0.250 e. The van der Waals surface area contributed by atoms with Crippen molar-refractivity contribution in [1.82, 2.24) is 10.2 Å². The first kappa shape index (κ1) is 13.0. The van der Waals surface area contributed by atoms with E-state index in [0.717, 1.165) is 0 Å². The molecule has 0 spiro atoms. The third-order valence-electron chi connectivity index (χ3n) is 3.19. The monoisotopic (exact) mass is 256 g/mol. The lowest BCUT2D eigenvalue weighted by molar-refractivity contribution is -0.129. The zero-order valence-corrected chi connectivity index (χ0v) is 9.91. The highest BCUT2D eigenvalue weighted by molar-refractivity contribution is 5.89. The van der Waals surface area contributed by atoms with Gasteiger partial charge in [-0.1, -0.05) is 6.58 Å². The Morgan fingerprint density at radius 1 is 1.61 bits per heavy atom. The largest absolute Gasteiger partial charge is 0.393 e. The fraction of sp³-hybridized carbons (Fsp3) is 0.545. The number of carbonyl (C=O) groups excluding carboxylic acids is 1. The first-order chi connectivity index (χ1) is 8.39. The van der Waals surface area contributed by atoms with Gasteiger partial charge >= 0.3 is 0 Å². The second kappa shape index (κ2) is 4.36. The summed E-state index contributed by atoms with van der Waals surface area (Å²) in [5, 5.41) is 31.5. The number of aliphatic hydroxyl groups excluding tert-OH is 3. The molecule has 2 aliphatic heterocycles. The minimum absolute atomic E-state index is 0.237. The minimum atomic E-state index is -1.25. The third kappa shape index (κ3) is 1.91. The molecule has 100 valence electrons. The quantitative estimate of drug-likeness (QED) is 0.466. The van der Waals surface area contributed by atoms with Gasteiger partial charge in [-0.25, -0.2) is 0 Å². The predicted molar refractivity (Wildman–Crippen MR) is 60.6 cm³/mol. The van der Waals surface area contributed by atoms with Crippen molar-refractivity contribution in [3.05, 3.63) is 24.7 Å². The minimum Gasteiger partial charge on any atom is -0.393 e. The predicted octanol–water partition coefficient (Wildman–Crippen LogP) is -1.77. The summed E-state index contributed by atoms with van der Waals surface area (Å²) in [5.74, 6) is -0.0878. The van der Waals surface area contributed by atoms with Crippen LogP contribution in [0.1, 0.15) is 6.92 Å². The van der Waals surface area contributed by atoms with E-state index in [1.165, 1.54) is 24.1 Å². The third-order valence-corrected chi connectivity index (χ3v) is 3.19. The van der Waals surface area contributed by atoms with Crippen molar-refractivity contribution in [2.45, 2.75) is 31.0 Å². The summed E-state index contributed by atoms with van der Waals surface area (Å²) in [6.07, 6.45) is -0.706. The fourth-order valence-electron chi connectivity index (χ4n) is 2.01. The summed E-state index contributed by atoms with van der Waals surface area (Å²) in [4.78, 5) is 12.5. The van der Waals surface area contributed by atoms with Gasteiger partial charge in [-0.2, -0.15) is 0 Å². The molecule has 1 unspecified atom stereocenters. The van der Waals surface area contributed by atoms with Crippen LogP contribution >= 0.6 is 0 Å². The van der Waals surface area contributed by atoms with Crippen molar-refractivity contribution in [2.24, 2.45) is 0 Å². The molecule has 2 rings (SSSR count). The molecule has 18 heavy (non-hydrogen) atoms. The summed E-state index contributed by atoms with van der Waals surface area (Å²) in [6, 6.07) is 0. The van der Waals surface area contributed by atoms with E-state index in [1.54, 1.807) is 0 Å². The summed E-state index contributed by atoms with van der Waals surface area (Å²) < 4.78 is 5.48. The van der Waals surface area contributed by atoms with E-state index in [0.29, 0.717) is 0 Å². The van der Waals surface area contributed by atoms with Crippen molar-refractivity contribution in [1.29, 1.82) is 0 Å². The Labute approximate surface area is 104 Å². The first-order valence-electron chi connectivity index (χ1n) is 5.50. The van der Waals surface area contributed by atoms with Crippen molar-refractivity contribution in [2.75, 3.05) is 6.61 Å². The Hall–Kier alpha value is -1.41. The number of nitrogens with one attached hydrogen (secondary N) is 1. The molecule has 0 radical (unpaired) electrons. The van der Waals surface area contributed by atoms with Crippen LogP contribution in [0.5, 0.6) is 0 Å². The van der Waals surface area contributed by atoms with E-state index in [4.69, 9.17) is 4.74 Å². The van der Waals surface area contributed by atoms with Gasteiger partial charge in [0.05, 0.1) is 6.61 Å². The zero-order chi connectivity index (χ0) is 13.5. The Morgan fingerprint density at radius 2 is 2.28 bits per heavy atom.